The second kappa shape index (κ2) is 22.1. The maximum atomic E-state index is 12.9. The van der Waals surface area contributed by atoms with Gasteiger partial charge in [0.05, 0.1) is 45.3 Å². The van der Waals surface area contributed by atoms with Crippen LogP contribution in [0.15, 0.2) is 97.6 Å². The summed E-state index contributed by atoms with van der Waals surface area (Å²) in [6, 6.07) is 26.0. The van der Waals surface area contributed by atoms with Gasteiger partial charge in [-0.3, -0.25) is 34.2 Å². The number of rotatable bonds is 11. The van der Waals surface area contributed by atoms with Crippen molar-refractivity contribution in [2.24, 2.45) is 0 Å². The molecule has 356 valence electrons. The molecule has 0 aliphatic carbocycles. The first kappa shape index (κ1) is 51.0. The molecule has 0 atom stereocenters. The van der Waals surface area contributed by atoms with Crippen molar-refractivity contribution >= 4 is 74.6 Å². The van der Waals surface area contributed by atoms with E-state index < -0.39 is 17.6 Å². The Kier molecular flexibility index (Phi) is 16.1. The van der Waals surface area contributed by atoms with Crippen molar-refractivity contribution < 1.29 is 19.1 Å². The number of aromatic nitrogens is 8. The molecule has 20 heteroatoms. The van der Waals surface area contributed by atoms with Gasteiger partial charge in [-0.25, -0.2) is 14.8 Å². The van der Waals surface area contributed by atoms with Crippen molar-refractivity contribution in [1.82, 2.24) is 50.1 Å². The summed E-state index contributed by atoms with van der Waals surface area (Å²) in [5.74, 6) is -0.0508. The highest BCUT2D eigenvalue weighted by Gasteiger charge is 2.20. The number of carbonyl (C=O) groups is 3. The van der Waals surface area contributed by atoms with Crippen molar-refractivity contribution in [2.45, 2.75) is 73.8 Å². The Morgan fingerprint density at radius 1 is 0.700 bits per heavy atom. The number of aryl methyl sites for hydroxylation is 2. The number of halogens is 2. The first-order valence-electron chi connectivity index (χ1n) is 21.2. The minimum absolute atomic E-state index is 0. The molecule has 0 saturated carbocycles. The van der Waals surface area contributed by atoms with E-state index in [4.69, 9.17) is 33.7 Å². The number of benzene rings is 2. The Labute approximate surface area is 413 Å². The lowest BCUT2D eigenvalue weighted by Gasteiger charge is -2.19. The highest BCUT2D eigenvalue weighted by Crippen LogP contribution is 2.22. The van der Waals surface area contributed by atoms with E-state index in [1.54, 1.807) is 80.0 Å². The molecule has 6 aromatic heterocycles. The SMILES string of the molecule is C.Cc1nc(N)ccc1CNC(=O)c1cn(Cc2ccc3ncc(Cl)cc3c2)nc1C#N.Cc1nc(NC(=O)OC(C)(C)C)ccc1CNC(=O)c1cn(Cc2ccc3ncc(Cl)cc3c2)nc1C#N. The fraction of sp³-hybridized carbons (Fsp3) is 0.220. The van der Waals surface area contributed by atoms with Crippen molar-refractivity contribution in [3.63, 3.8) is 0 Å². The first-order valence-corrected chi connectivity index (χ1v) is 22.0. The largest absolute Gasteiger partial charge is 0.444 e. The van der Waals surface area contributed by atoms with E-state index in [1.807, 2.05) is 73.7 Å². The molecule has 0 bridgehead atoms. The lowest BCUT2D eigenvalue weighted by atomic mass is 10.1. The molecule has 0 unspecified atom stereocenters. The Hall–Kier alpha value is -8.45. The van der Waals surface area contributed by atoms with Crippen LogP contribution in [0.5, 0.6) is 0 Å². The molecule has 8 aromatic rings. The normalized spacial score (nSPS) is 10.8. The minimum Gasteiger partial charge on any atom is -0.444 e. The van der Waals surface area contributed by atoms with E-state index in [-0.39, 0.29) is 48.9 Å². The molecule has 0 fully saturated rings. The third-order valence-electron chi connectivity index (χ3n) is 10.3. The Morgan fingerprint density at radius 2 is 1.17 bits per heavy atom. The van der Waals surface area contributed by atoms with Gasteiger partial charge in [-0.15, -0.1) is 0 Å². The van der Waals surface area contributed by atoms with Gasteiger partial charge < -0.3 is 21.1 Å². The zero-order valence-corrected chi connectivity index (χ0v) is 39.5. The number of ether oxygens (including phenoxy) is 1. The maximum absolute atomic E-state index is 12.9. The summed E-state index contributed by atoms with van der Waals surface area (Å²) >= 11 is 12.1. The molecule has 8 rings (SSSR count). The molecule has 0 aliphatic rings. The Bertz CT molecular complexity index is 3350. The number of anilines is 2. The Balaban J connectivity index is 0.000000231. The molecule has 0 spiro atoms. The van der Waals surface area contributed by atoms with Gasteiger partial charge in [-0.2, -0.15) is 20.7 Å². The van der Waals surface area contributed by atoms with Gasteiger partial charge in [0, 0.05) is 60.0 Å². The predicted molar refractivity (Wildman–Crippen MR) is 267 cm³/mol. The second-order valence-electron chi connectivity index (χ2n) is 16.7. The van der Waals surface area contributed by atoms with Crippen molar-refractivity contribution in [3.8, 4) is 12.1 Å². The molecular weight excluding hydrogens is 932 g/mol. The third kappa shape index (κ3) is 13.2. The van der Waals surface area contributed by atoms with E-state index in [2.05, 4.69) is 46.1 Å². The quantitative estimate of drug-likeness (QED) is 0.0946. The number of pyridine rings is 4. The van der Waals surface area contributed by atoms with E-state index >= 15 is 0 Å². The van der Waals surface area contributed by atoms with E-state index in [0.29, 0.717) is 40.5 Å². The summed E-state index contributed by atoms with van der Waals surface area (Å²) in [7, 11) is 0. The van der Waals surface area contributed by atoms with Crippen molar-refractivity contribution in [3.05, 3.63) is 164 Å². The number of nitrogens with one attached hydrogen (secondary N) is 3. The number of hydrogen-bond acceptors (Lipinski definition) is 13. The predicted octanol–water partition coefficient (Wildman–Crippen LogP) is 8.84. The summed E-state index contributed by atoms with van der Waals surface area (Å²) in [6.07, 6.45) is 5.71. The maximum Gasteiger partial charge on any atom is 0.413 e. The molecule has 0 radical (unpaired) electrons. The van der Waals surface area contributed by atoms with E-state index in [1.165, 1.54) is 0 Å². The lowest BCUT2D eigenvalue weighted by Crippen LogP contribution is -2.27. The van der Waals surface area contributed by atoms with Crippen LogP contribution in [0.2, 0.25) is 10.0 Å². The van der Waals surface area contributed by atoms with Crippen LogP contribution in [-0.2, 0) is 30.9 Å². The molecule has 2 aromatic carbocycles. The molecule has 18 nitrogen and oxygen atoms in total. The average Bonchev–Trinajstić information content (AvgIpc) is 3.91. The number of nitrogen functional groups attached to an aromatic ring is 1. The molecule has 0 aliphatic heterocycles. The lowest BCUT2D eigenvalue weighted by molar-refractivity contribution is 0.0634. The number of amides is 3. The number of fused-ring (bicyclic) bond motifs is 2. The fourth-order valence-corrected chi connectivity index (χ4v) is 7.31. The van der Waals surface area contributed by atoms with Crippen LogP contribution in [0.3, 0.4) is 0 Å². The first-order chi connectivity index (χ1) is 32.9. The molecular formula is C50H48Cl2N14O4. The molecule has 6 heterocycles. The van der Waals surface area contributed by atoms with E-state index in [9.17, 15) is 24.9 Å². The highest BCUT2D eigenvalue weighted by atomic mass is 35.5. The van der Waals surface area contributed by atoms with Crippen molar-refractivity contribution in [1.29, 1.82) is 10.5 Å². The van der Waals surface area contributed by atoms with Crippen LogP contribution in [0.1, 0.15) is 93.9 Å². The Morgan fingerprint density at radius 3 is 1.61 bits per heavy atom. The zero-order chi connectivity index (χ0) is 49.4. The van der Waals surface area contributed by atoms with Crippen LogP contribution in [-0.4, -0.2) is 63.0 Å². The number of nitriles is 2. The summed E-state index contributed by atoms with van der Waals surface area (Å²) in [5.41, 5.74) is 12.0. The van der Waals surface area contributed by atoms with Crippen LogP contribution < -0.4 is 21.7 Å². The third-order valence-corrected chi connectivity index (χ3v) is 10.7. The number of nitrogens with two attached hydrogens (primary N) is 1. The fourth-order valence-electron chi connectivity index (χ4n) is 6.97. The molecule has 3 amide bonds. The average molecular weight is 980 g/mol. The van der Waals surface area contributed by atoms with Crippen LogP contribution in [0.25, 0.3) is 21.8 Å². The zero-order valence-electron chi connectivity index (χ0n) is 38.0. The van der Waals surface area contributed by atoms with Crippen LogP contribution >= 0.6 is 23.2 Å². The molecule has 0 saturated heterocycles. The van der Waals surface area contributed by atoms with Crippen LogP contribution in [0, 0.1) is 36.5 Å². The van der Waals surface area contributed by atoms with Gasteiger partial charge in [0.25, 0.3) is 11.8 Å². The number of nitrogens with zero attached hydrogens (tertiary/aromatic N) is 10. The summed E-state index contributed by atoms with van der Waals surface area (Å²) < 4.78 is 8.36. The topological polar surface area (TPSA) is 257 Å². The summed E-state index contributed by atoms with van der Waals surface area (Å²) in [5, 5.41) is 38.6. The highest BCUT2D eigenvalue weighted by molar-refractivity contribution is 6.31. The second-order valence-corrected chi connectivity index (χ2v) is 17.5. The van der Waals surface area contributed by atoms with E-state index in [0.717, 1.165) is 49.8 Å². The minimum atomic E-state index is -0.624. The monoisotopic (exact) mass is 978 g/mol. The van der Waals surface area contributed by atoms with Gasteiger partial charge >= 0.3 is 6.09 Å². The molecule has 5 N–H and O–H groups in total. The number of carbonyl (C=O) groups excluding carboxylic acids is 3. The van der Waals surface area contributed by atoms with Gasteiger partial charge in [0.1, 0.15) is 29.4 Å². The van der Waals surface area contributed by atoms with Gasteiger partial charge in [0.15, 0.2) is 11.4 Å². The van der Waals surface area contributed by atoms with Crippen LogP contribution in [0.4, 0.5) is 16.4 Å². The van der Waals surface area contributed by atoms with Gasteiger partial charge in [-0.05, 0) is 105 Å². The summed E-state index contributed by atoms with van der Waals surface area (Å²) in [6.45, 7) is 10.1. The molecule has 70 heavy (non-hydrogen) atoms. The summed E-state index contributed by atoms with van der Waals surface area (Å²) in [4.78, 5) is 54.6. The van der Waals surface area contributed by atoms with Crippen molar-refractivity contribution in [2.75, 3.05) is 11.1 Å². The number of hydrogen-bond donors (Lipinski definition) is 4. The van der Waals surface area contributed by atoms with Gasteiger partial charge in [0.2, 0.25) is 0 Å². The smallest absolute Gasteiger partial charge is 0.413 e. The van der Waals surface area contributed by atoms with Gasteiger partial charge in [-0.1, -0.05) is 54.9 Å². The standard InChI is InChI=1S/C27H26ClN7O3.C22H18ClN7O.CH4/c1-16-18(6-8-24(32-16)33-26(37)38-27(2,3)4)12-31-25(36)21-15-35(34-23(21)11-29)14-17-5-7-22-19(9-17)10-20(28)13-30-22;1-13-15(3-5-21(25)28-13)9-27-22(31)18-12-30(29-20(18)8-24)11-14-2-4-19-16(6-14)7-17(23)10-26-19;/h5-10,13,15H,12,14H2,1-4H3,(H,31,36)(H,32,33,37);2-7,10,12H,9,11H2,1H3,(H2,25,28)(H,27,31);1H4.